The highest BCUT2D eigenvalue weighted by atomic mass is 16.5. The Balaban J connectivity index is 1.51. The van der Waals surface area contributed by atoms with Crippen molar-refractivity contribution in [3.05, 3.63) is 29.3 Å². The van der Waals surface area contributed by atoms with Gasteiger partial charge in [-0.2, -0.15) is 0 Å². The van der Waals surface area contributed by atoms with Crippen LogP contribution in [0.2, 0.25) is 0 Å². The fourth-order valence-electron chi connectivity index (χ4n) is 3.30. The van der Waals surface area contributed by atoms with Crippen LogP contribution >= 0.6 is 0 Å². The molecule has 5 heteroatoms. The SMILES string of the molecule is Cc1ccc(CNC(=O)N2CCC(C(C)O)CC2)c(OCC2CC2)c1. The minimum absolute atomic E-state index is 0.0299. The third kappa shape index (κ3) is 5.11. The van der Waals surface area contributed by atoms with Crippen LogP contribution in [0.5, 0.6) is 5.75 Å². The fraction of sp³-hybridized carbons (Fsp3) is 0.650. The number of nitrogens with one attached hydrogen (secondary N) is 1. The predicted molar refractivity (Wildman–Crippen MR) is 97.6 cm³/mol. The van der Waals surface area contributed by atoms with Crippen LogP contribution in [-0.4, -0.2) is 41.8 Å². The van der Waals surface area contributed by atoms with E-state index < -0.39 is 0 Å². The summed E-state index contributed by atoms with van der Waals surface area (Å²) < 4.78 is 5.97. The van der Waals surface area contributed by atoms with E-state index >= 15 is 0 Å². The lowest BCUT2D eigenvalue weighted by atomic mass is 9.92. The number of carbonyl (C=O) groups excluding carboxylic acids is 1. The van der Waals surface area contributed by atoms with Crippen molar-refractivity contribution in [3.63, 3.8) is 0 Å². The molecule has 0 radical (unpaired) electrons. The second kappa shape index (κ2) is 8.09. The second-order valence-electron chi connectivity index (χ2n) is 7.59. The van der Waals surface area contributed by atoms with Gasteiger partial charge >= 0.3 is 6.03 Å². The van der Waals surface area contributed by atoms with Gasteiger partial charge in [-0.3, -0.25) is 0 Å². The number of urea groups is 1. The first-order valence-corrected chi connectivity index (χ1v) is 9.46. The normalized spacial score (nSPS) is 19.6. The van der Waals surface area contributed by atoms with E-state index in [-0.39, 0.29) is 12.1 Å². The van der Waals surface area contributed by atoms with Crippen molar-refractivity contribution in [2.75, 3.05) is 19.7 Å². The van der Waals surface area contributed by atoms with Gasteiger partial charge in [-0.05, 0) is 63.0 Å². The smallest absolute Gasteiger partial charge is 0.317 e. The summed E-state index contributed by atoms with van der Waals surface area (Å²) in [4.78, 5) is 14.3. The van der Waals surface area contributed by atoms with Gasteiger partial charge in [0.25, 0.3) is 0 Å². The Morgan fingerprint density at radius 3 is 2.68 bits per heavy atom. The van der Waals surface area contributed by atoms with Crippen molar-refractivity contribution in [3.8, 4) is 5.75 Å². The Labute approximate surface area is 150 Å². The van der Waals surface area contributed by atoms with Crippen LogP contribution in [0.4, 0.5) is 4.79 Å². The molecule has 1 saturated carbocycles. The summed E-state index contributed by atoms with van der Waals surface area (Å²) in [6, 6.07) is 6.12. The van der Waals surface area contributed by atoms with Crippen molar-refractivity contribution in [2.24, 2.45) is 11.8 Å². The average molecular weight is 346 g/mol. The van der Waals surface area contributed by atoms with E-state index in [9.17, 15) is 9.90 Å². The van der Waals surface area contributed by atoms with E-state index in [4.69, 9.17) is 4.74 Å². The number of ether oxygens (including phenoxy) is 1. The number of likely N-dealkylation sites (tertiary alicyclic amines) is 1. The Morgan fingerprint density at radius 2 is 2.04 bits per heavy atom. The molecule has 5 nitrogen and oxygen atoms in total. The zero-order chi connectivity index (χ0) is 17.8. The van der Waals surface area contributed by atoms with Gasteiger partial charge in [0.2, 0.25) is 0 Å². The zero-order valence-electron chi connectivity index (χ0n) is 15.3. The maximum absolute atomic E-state index is 12.4. The standard InChI is InChI=1S/C20H30N2O3/c1-14-3-6-18(19(11-14)25-13-16-4-5-16)12-21-20(24)22-9-7-17(8-10-22)15(2)23/h3,6,11,15-17,23H,4-5,7-10,12-13H2,1-2H3,(H,21,24). The number of amides is 2. The number of aryl methyl sites for hydroxylation is 1. The monoisotopic (exact) mass is 346 g/mol. The number of nitrogens with zero attached hydrogens (tertiary/aromatic N) is 1. The highest BCUT2D eigenvalue weighted by molar-refractivity contribution is 5.74. The van der Waals surface area contributed by atoms with Crippen LogP contribution < -0.4 is 10.1 Å². The summed E-state index contributed by atoms with van der Waals surface area (Å²) in [5.74, 6) is 1.90. The molecule has 3 rings (SSSR count). The molecule has 0 bridgehead atoms. The lowest BCUT2D eigenvalue weighted by Crippen LogP contribution is -2.45. The lowest BCUT2D eigenvalue weighted by molar-refractivity contribution is 0.0797. The molecular formula is C20H30N2O3. The maximum Gasteiger partial charge on any atom is 0.317 e. The number of aliphatic hydroxyl groups is 1. The summed E-state index contributed by atoms with van der Waals surface area (Å²) in [5.41, 5.74) is 2.19. The average Bonchev–Trinajstić information content (AvgIpc) is 3.43. The van der Waals surface area contributed by atoms with E-state index in [1.807, 2.05) is 17.9 Å². The van der Waals surface area contributed by atoms with Crippen LogP contribution in [0.25, 0.3) is 0 Å². The van der Waals surface area contributed by atoms with E-state index in [2.05, 4.69) is 24.4 Å². The molecule has 0 spiro atoms. The molecule has 0 aromatic heterocycles. The number of rotatable bonds is 6. The summed E-state index contributed by atoms with van der Waals surface area (Å²) in [7, 11) is 0. The Bertz CT molecular complexity index is 591. The molecule has 1 heterocycles. The molecule has 1 unspecified atom stereocenters. The summed E-state index contributed by atoms with van der Waals surface area (Å²) >= 11 is 0. The second-order valence-corrected chi connectivity index (χ2v) is 7.59. The van der Waals surface area contributed by atoms with Gasteiger partial charge in [0.15, 0.2) is 0 Å². The number of hydrogen-bond donors (Lipinski definition) is 2. The zero-order valence-corrected chi connectivity index (χ0v) is 15.3. The number of piperidine rings is 1. The number of aliphatic hydroxyl groups excluding tert-OH is 1. The summed E-state index contributed by atoms with van der Waals surface area (Å²) in [6.07, 6.45) is 3.97. The quantitative estimate of drug-likeness (QED) is 0.832. The molecular weight excluding hydrogens is 316 g/mol. The molecule has 1 aliphatic heterocycles. The van der Waals surface area contributed by atoms with Crippen LogP contribution in [0.15, 0.2) is 18.2 Å². The maximum atomic E-state index is 12.4. The van der Waals surface area contributed by atoms with E-state index in [0.717, 1.165) is 30.8 Å². The van der Waals surface area contributed by atoms with Gasteiger partial charge in [0.05, 0.1) is 12.7 Å². The first kappa shape index (κ1) is 18.1. The predicted octanol–water partition coefficient (Wildman–Crippen LogP) is 3.09. The molecule has 25 heavy (non-hydrogen) atoms. The van der Waals surface area contributed by atoms with E-state index in [0.29, 0.717) is 31.5 Å². The summed E-state index contributed by atoms with van der Waals surface area (Å²) in [5, 5.41) is 12.7. The highest BCUT2D eigenvalue weighted by Gasteiger charge is 2.25. The lowest BCUT2D eigenvalue weighted by Gasteiger charge is -2.33. The van der Waals surface area contributed by atoms with Crippen molar-refractivity contribution < 1.29 is 14.6 Å². The van der Waals surface area contributed by atoms with Crippen LogP contribution in [0.3, 0.4) is 0 Å². The first-order chi connectivity index (χ1) is 12.0. The molecule has 2 amide bonds. The van der Waals surface area contributed by atoms with Gasteiger partial charge < -0.3 is 20.1 Å². The largest absolute Gasteiger partial charge is 0.493 e. The number of hydrogen-bond acceptors (Lipinski definition) is 3. The van der Waals surface area contributed by atoms with Crippen LogP contribution in [-0.2, 0) is 6.54 Å². The molecule has 2 N–H and O–H groups in total. The van der Waals surface area contributed by atoms with Crippen LogP contribution in [0, 0.1) is 18.8 Å². The van der Waals surface area contributed by atoms with E-state index in [1.165, 1.54) is 18.4 Å². The van der Waals surface area contributed by atoms with Gasteiger partial charge in [0, 0.05) is 25.2 Å². The molecule has 2 aliphatic rings. The van der Waals surface area contributed by atoms with Crippen molar-refractivity contribution in [2.45, 2.75) is 52.2 Å². The number of benzene rings is 1. The minimum Gasteiger partial charge on any atom is -0.493 e. The van der Waals surface area contributed by atoms with Gasteiger partial charge in [0.1, 0.15) is 5.75 Å². The Hall–Kier alpha value is -1.75. The molecule has 2 fully saturated rings. The van der Waals surface area contributed by atoms with Crippen molar-refractivity contribution in [1.82, 2.24) is 10.2 Å². The molecule has 1 saturated heterocycles. The third-order valence-electron chi connectivity index (χ3n) is 5.33. The van der Waals surface area contributed by atoms with E-state index in [1.54, 1.807) is 0 Å². The highest BCUT2D eigenvalue weighted by Crippen LogP contribution is 2.30. The van der Waals surface area contributed by atoms with Gasteiger partial charge in [-0.1, -0.05) is 12.1 Å². The van der Waals surface area contributed by atoms with Crippen LogP contribution in [0.1, 0.15) is 43.7 Å². The van der Waals surface area contributed by atoms with Gasteiger partial charge in [-0.25, -0.2) is 4.79 Å². The summed E-state index contributed by atoms with van der Waals surface area (Å²) in [6.45, 7) is 6.56. The van der Waals surface area contributed by atoms with Crippen molar-refractivity contribution in [1.29, 1.82) is 0 Å². The third-order valence-corrected chi connectivity index (χ3v) is 5.33. The van der Waals surface area contributed by atoms with Gasteiger partial charge in [-0.15, -0.1) is 0 Å². The Morgan fingerprint density at radius 1 is 1.32 bits per heavy atom. The number of carbonyl (C=O) groups is 1. The molecule has 1 aromatic rings. The molecule has 1 atom stereocenters. The van der Waals surface area contributed by atoms with Crippen molar-refractivity contribution >= 4 is 6.03 Å². The first-order valence-electron chi connectivity index (χ1n) is 9.46. The topological polar surface area (TPSA) is 61.8 Å². The fourth-order valence-corrected chi connectivity index (χ4v) is 3.30. The molecule has 138 valence electrons. The minimum atomic E-state index is -0.288. The molecule has 1 aromatic carbocycles. The Kier molecular flexibility index (Phi) is 5.84. The molecule has 1 aliphatic carbocycles.